The van der Waals surface area contributed by atoms with Crippen LogP contribution in [0, 0.1) is 0 Å². The quantitative estimate of drug-likeness (QED) is 0.783. The molecule has 1 aliphatic heterocycles. The molecule has 1 fully saturated rings. The molecule has 2 heterocycles. The summed E-state index contributed by atoms with van der Waals surface area (Å²) >= 11 is 1.56. The minimum Gasteiger partial charge on any atom is -0.470 e. The zero-order valence-corrected chi connectivity index (χ0v) is 9.76. The topological polar surface area (TPSA) is 34.1 Å². The summed E-state index contributed by atoms with van der Waals surface area (Å²) in [5.74, 6) is 0. The van der Waals surface area contributed by atoms with Crippen LogP contribution < -0.4 is 10.1 Å². The minimum atomic E-state index is 0.721. The Morgan fingerprint density at radius 3 is 3.27 bits per heavy atom. The average Bonchev–Trinajstić information content (AvgIpc) is 2.79. The molecule has 0 aliphatic carbocycles. The molecule has 1 atom stereocenters. The maximum Gasteiger partial charge on any atom is 0.273 e. The molecule has 1 aromatic rings. The minimum absolute atomic E-state index is 0.721. The number of aromatic nitrogens is 1. The van der Waals surface area contributed by atoms with Gasteiger partial charge in [-0.05, 0) is 32.2 Å². The third kappa shape index (κ3) is 3.80. The van der Waals surface area contributed by atoms with Gasteiger partial charge < -0.3 is 10.1 Å². The van der Waals surface area contributed by atoms with Crippen molar-refractivity contribution < 1.29 is 4.74 Å². The van der Waals surface area contributed by atoms with Gasteiger partial charge in [-0.15, -0.1) is 0 Å². The summed E-state index contributed by atoms with van der Waals surface area (Å²) in [6.45, 7) is 1.99. The van der Waals surface area contributed by atoms with E-state index >= 15 is 0 Å². The van der Waals surface area contributed by atoms with Gasteiger partial charge in [0.1, 0.15) is 0 Å². The number of nitrogens with zero attached hydrogens (tertiary/aromatic N) is 1. The largest absolute Gasteiger partial charge is 0.470 e. The first-order chi connectivity index (χ1) is 7.45. The van der Waals surface area contributed by atoms with Gasteiger partial charge in [-0.1, -0.05) is 17.8 Å². The molecule has 0 aromatic carbocycles. The highest BCUT2D eigenvalue weighted by Gasteiger charge is 2.11. The first kappa shape index (κ1) is 10.9. The number of nitrogens with one attached hydrogen (secondary N) is 1. The molecule has 84 valence electrons. The molecule has 1 N–H and O–H groups in total. The molecule has 0 amide bonds. The van der Waals surface area contributed by atoms with E-state index in [0.717, 1.165) is 24.3 Å². The molecule has 0 saturated carbocycles. The number of ether oxygens (including phenoxy) is 1. The second-order valence-corrected chi connectivity index (χ2v) is 4.79. The fourth-order valence-corrected chi connectivity index (χ4v) is 2.45. The predicted molar refractivity (Wildman–Crippen MR) is 62.5 cm³/mol. The molecule has 1 saturated heterocycles. The SMILES string of the molecule is c1csc(OCCC[C@@H]2CCCCN2)n1. The van der Waals surface area contributed by atoms with Crippen LogP contribution in [-0.4, -0.2) is 24.2 Å². The molecule has 4 heteroatoms. The number of hydrogen-bond acceptors (Lipinski definition) is 4. The summed E-state index contributed by atoms with van der Waals surface area (Å²) in [5, 5.41) is 6.28. The van der Waals surface area contributed by atoms with Gasteiger partial charge in [-0.2, -0.15) is 0 Å². The van der Waals surface area contributed by atoms with Crippen LogP contribution in [0.3, 0.4) is 0 Å². The van der Waals surface area contributed by atoms with Crippen LogP contribution in [0.25, 0.3) is 0 Å². The van der Waals surface area contributed by atoms with Gasteiger partial charge in [-0.25, -0.2) is 4.98 Å². The lowest BCUT2D eigenvalue weighted by Gasteiger charge is -2.23. The molecule has 1 aromatic heterocycles. The van der Waals surface area contributed by atoms with E-state index in [1.165, 1.54) is 32.2 Å². The van der Waals surface area contributed by atoms with E-state index < -0.39 is 0 Å². The first-order valence-corrected chi connectivity index (χ1v) is 6.59. The lowest BCUT2D eigenvalue weighted by atomic mass is 10.0. The van der Waals surface area contributed by atoms with Crippen molar-refractivity contribution in [2.24, 2.45) is 0 Å². The lowest BCUT2D eigenvalue weighted by molar-refractivity contribution is 0.284. The number of hydrogen-bond donors (Lipinski definition) is 1. The first-order valence-electron chi connectivity index (χ1n) is 5.71. The molecule has 2 rings (SSSR count). The van der Waals surface area contributed by atoms with Crippen molar-refractivity contribution >= 4 is 11.3 Å². The lowest BCUT2D eigenvalue weighted by Crippen LogP contribution is -2.34. The van der Waals surface area contributed by atoms with Crippen LogP contribution in [0.1, 0.15) is 32.1 Å². The van der Waals surface area contributed by atoms with Crippen molar-refractivity contribution in [3.05, 3.63) is 11.6 Å². The Hall–Kier alpha value is -0.610. The zero-order chi connectivity index (χ0) is 10.3. The van der Waals surface area contributed by atoms with Crippen molar-refractivity contribution in [3.63, 3.8) is 0 Å². The van der Waals surface area contributed by atoms with Crippen molar-refractivity contribution in [1.29, 1.82) is 0 Å². The molecular formula is C11H18N2OS. The molecule has 0 spiro atoms. The number of rotatable bonds is 5. The molecule has 0 radical (unpaired) electrons. The Labute approximate surface area is 94.9 Å². The van der Waals surface area contributed by atoms with Crippen LogP contribution in [0.2, 0.25) is 0 Å². The van der Waals surface area contributed by atoms with E-state index in [9.17, 15) is 0 Å². The van der Waals surface area contributed by atoms with Crippen molar-refractivity contribution in [1.82, 2.24) is 10.3 Å². The second-order valence-electron chi connectivity index (χ2n) is 3.94. The van der Waals surface area contributed by atoms with E-state index in [1.54, 1.807) is 17.5 Å². The Morgan fingerprint density at radius 2 is 2.53 bits per heavy atom. The van der Waals surface area contributed by atoms with Gasteiger partial charge in [0.25, 0.3) is 5.19 Å². The molecule has 0 unspecified atom stereocenters. The summed E-state index contributed by atoms with van der Waals surface area (Å²) in [7, 11) is 0. The highest BCUT2D eigenvalue weighted by Crippen LogP contribution is 2.15. The van der Waals surface area contributed by atoms with Crippen LogP contribution in [-0.2, 0) is 0 Å². The molecule has 0 bridgehead atoms. The number of piperidine rings is 1. The van der Waals surface area contributed by atoms with E-state index in [0.29, 0.717) is 0 Å². The van der Waals surface area contributed by atoms with Gasteiger partial charge in [0.15, 0.2) is 0 Å². The predicted octanol–water partition coefficient (Wildman–Crippen LogP) is 2.44. The highest BCUT2D eigenvalue weighted by atomic mass is 32.1. The Morgan fingerprint density at radius 1 is 1.53 bits per heavy atom. The summed E-state index contributed by atoms with van der Waals surface area (Å²) in [4.78, 5) is 4.08. The fraction of sp³-hybridized carbons (Fsp3) is 0.727. The van der Waals surface area contributed by atoms with Crippen molar-refractivity contribution in [2.45, 2.75) is 38.1 Å². The highest BCUT2D eigenvalue weighted by molar-refractivity contribution is 7.11. The fourth-order valence-electron chi connectivity index (χ4n) is 1.94. The molecule has 3 nitrogen and oxygen atoms in total. The maximum absolute atomic E-state index is 5.52. The van der Waals surface area contributed by atoms with Gasteiger partial charge >= 0.3 is 0 Å². The average molecular weight is 226 g/mol. The normalized spacial score (nSPS) is 21.5. The van der Waals surface area contributed by atoms with Crippen LogP contribution in [0.5, 0.6) is 5.19 Å². The van der Waals surface area contributed by atoms with Gasteiger partial charge in [-0.3, -0.25) is 0 Å². The maximum atomic E-state index is 5.52. The molecular weight excluding hydrogens is 208 g/mol. The Balaban J connectivity index is 1.54. The van der Waals surface area contributed by atoms with Gasteiger partial charge in [0.05, 0.1) is 6.61 Å². The van der Waals surface area contributed by atoms with E-state index in [1.807, 2.05) is 5.38 Å². The third-order valence-electron chi connectivity index (χ3n) is 2.74. The second kappa shape index (κ2) is 6.08. The zero-order valence-electron chi connectivity index (χ0n) is 8.95. The monoisotopic (exact) mass is 226 g/mol. The van der Waals surface area contributed by atoms with Crippen molar-refractivity contribution in [3.8, 4) is 5.19 Å². The Bertz CT molecular complexity index is 258. The molecule has 1 aliphatic rings. The van der Waals surface area contributed by atoms with E-state index in [4.69, 9.17) is 4.74 Å². The van der Waals surface area contributed by atoms with Crippen molar-refractivity contribution in [2.75, 3.05) is 13.2 Å². The summed E-state index contributed by atoms with van der Waals surface area (Å²) in [6.07, 6.45) is 8.18. The van der Waals surface area contributed by atoms with Gasteiger partial charge in [0, 0.05) is 17.6 Å². The van der Waals surface area contributed by atoms with Crippen LogP contribution in [0.4, 0.5) is 0 Å². The standard InChI is InChI=1S/C11H18N2OS/c1-2-6-12-10(4-1)5-3-8-14-11-13-7-9-15-11/h7,9-10,12H,1-6,8H2/t10-/m0/s1. The van der Waals surface area contributed by atoms with Gasteiger partial charge in [0.2, 0.25) is 0 Å². The Kier molecular flexibility index (Phi) is 4.41. The van der Waals surface area contributed by atoms with E-state index in [2.05, 4.69) is 10.3 Å². The third-order valence-corrected chi connectivity index (χ3v) is 3.43. The van der Waals surface area contributed by atoms with E-state index in [-0.39, 0.29) is 0 Å². The smallest absolute Gasteiger partial charge is 0.273 e. The summed E-state index contributed by atoms with van der Waals surface area (Å²) in [6, 6.07) is 0.721. The summed E-state index contributed by atoms with van der Waals surface area (Å²) < 4.78 is 5.52. The number of thiazole rings is 1. The van der Waals surface area contributed by atoms with Crippen LogP contribution in [0.15, 0.2) is 11.6 Å². The summed E-state index contributed by atoms with van der Waals surface area (Å²) in [5.41, 5.74) is 0. The molecule has 15 heavy (non-hydrogen) atoms. The van der Waals surface area contributed by atoms with Crippen LogP contribution >= 0.6 is 11.3 Å².